The fourth-order valence-electron chi connectivity index (χ4n) is 2.73. The van der Waals surface area contributed by atoms with Gasteiger partial charge < -0.3 is 9.11 Å². The van der Waals surface area contributed by atoms with Crippen LogP contribution in [-0.2, 0) is 20.2 Å². The molecule has 2 N–H and O–H groups in total. The maximum Gasteiger partial charge on any atom is 1.00 e. The normalized spacial score (nSPS) is 13.9. The number of nitrogens with one attached hydrogen (secondary N) is 2. The smallest absolute Gasteiger partial charge is 0.744 e. The Morgan fingerprint density at radius 3 is 1.12 bits per heavy atom. The Morgan fingerprint density at radius 2 is 0.875 bits per heavy atom. The van der Waals surface area contributed by atoms with E-state index in [1.165, 1.54) is 48.5 Å². The van der Waals surface area contributed by atoms with Crippen molar-refractivity contribution in [2.24, 2.45) is 10.2 Å². The van der Waals surface area contributed by atoms with Gasteiger partial charge in [-0.15, -0.1) is 0 Å². The van der Waals surface area contributed by atoms with Crippen LogP contribution in [0.4, 0.5) is 11.4 Å². The van der Waals surface area contributed by atoms with Gasteiger partial charge in [0, 0.05) is 11.4 Å². The second kappa shape index (κ2) is 12.6. The van der Waals surface area contributed by atoms with Crippen molar-refractivity contribution in [2.45, 2.75) is 35.5 Å². The molecule has 1 aliphatic carbocycles. The van der Waals surface area contributed by atoms with Crippen LogP contribution in [0.15, 0.2) is 68.5 Å². The zero-order valence-corrected chi connectivity index (χ0v) is 23.2. The molecule has 160 valence electrons. The van der Waals surface area contributed by atoms with Crippen LogP contribution in [-0.4, -0.2) is 37.4 Å². The average molecular weight is 496 g/mol. The van der Waals surface area contributed by atoms with E-state index in [-0.39, 0.29) is 68.9 Å². The Kier molecular flexibility index (Phi) is 11.5. The van der Waals surface area contributed by atoms with Crippen molar-refractivity contribution in [3.63, 3.8) is 0 Å². The molecule has 0 heterocycles. The molecule has 1 aliphatic rings. The Morgan fingerprint density at radius 1 is 0.594 bits per heavy atom. The van der Waals surface area contributed by atoms with Gasteiger partial charge in [0.05, 0.1) is 21.2 Å². The van der Waals surface area contributed by atoms with Crippen molar-refractivity contribution >= 4 is 43.0 Å². The summed E-state index contributed by atoms with van der Waals surface area (Å²) in [7, 11) is -8.94. The standard InChI is InChI=1S/C18H20N4O6S2.2Na/c23-29(24,25)17-9-5-15(6-10-17)21-19-13-1-2-14(4-3-13)20-22-16-7-11-18(12-8-16)30(26,27)28;;/h5-12,21-22H,1-4H2,(H,23,24,25)(H,26,27,28);;/q;2*+1/p-2. The van der Waals surface area contributed by atoms with Crippen molar-refractivity contribution in [3.05, 3.63) is 48.5 Å². The number of anilines is 2. The van der Waals surface area contributed by atoms with Crippen LogP contribution >= 0.6 is 0 Å². The predicted molar refractivity (Wildman–Crippen MR) is 109 cm³/mol. The van der Waals surface area contributed by atoms with E-state index in [2.05, 4.69) is 21.1 Å². The molecule has 2 aromatic rings. The van der Waals surface area contributed by atoms with E-state index in [1.54, 1.807) is 0 Å². The van der Waals surface area contributed by atoms with Crippen LogP contribution in [0.1, 0.15) is 25.7 Å². The van der Waals surface area contributed by atoms with Crippen LogP contribution in [0, 0.1) is 0 Å². The average Bonchev–Trinajstić information content (AvgIpc) is 2.71. The SMILES string of the molecule is O=S(=O)([O-])c1ccc(NN=C2CCC(=NNc3ccc(S(=O)(=O)[O-])cc3)CC2)cc1.[Na+].[Na+]. The molecular formula is C18H18N4Na2O6S2. The molecule has 0 radical (unpaired) electrons. The van der Waals surface area contributed by atoms with Gasteiger partial charge in [-0.2, -0.15) is 10.2 Å². The van der Waals surface area contributed by atoms with Gasteiger partial charge in [-0.1, -0.05) is 0 Å². The third kappa shape index (κ3) is 8.86. The number of benzene rings is 2. The fourth-order valence-corrected chi connectivity index (χ4v) is 3.67. The largest absolute Gasteiger partial charge is 1.00 e. The molecule has 2 aromatic carbocycles. The molecule has 0 saturated heterocycles. The molecule has 0 aliphatic heterocycles. The first-order chi connectivity index (χ1) is 14.1. The van der Waals surface area contributed by atoms with E-state index >= 15 is 0 Å². The number of nitrogens with zero attached hydrogens (tertiary/aromatic N) is 2. The number of hydrogen-bond donors (Lipinski definition) is 2. The molecule has 10 nitrogen and oxygen atoms in total. The molecule has 0 spiro atoms. The van der Waals surface area contributed by atoms with Gasteiger partial charge in [0.2, 0.25) is 0 Å². The molecule has 1 fully saturated rings. The third-order valence-corrected chi connectivity index (χ3v) is 6.08. The monoisotopic (exact) mass is 496 g/mol. The zero-order valence-electron chi connectivity index (χ0n) is 17.6. The number of hydrogen-bond acceptors (Lipinski definition) is 10. The molecule has 32 heavy (non-hydrogen) atoms. The molecule has 3 rings (SSSR count). The summed E-state index contributed by atoms with van der Waals surface area (Å²) in [6, 6.07) is 10.8. The van der Waals surface area contributed by atoms with Gasteiger partial charge in [0.1, 0.15) is 20.2 Å². The molecule has 0 amide bonds. The number of hydrazone groups is 2. The summed E-state index contributed by atoms with van der Waals surface area (Å²) in [5.74, 6) is 0. The van der Waals surface area contributed by atoms with Crippen molar-refractivity contribution in [1.82, 2.24) is 0 Å². The van der Waals surface area contributed by atoms with Gasteiger partial charge in [-0.05, 0) is 74.2 Å². The van der Waals surface area contributed by atoms with Gasteiger partial charge in [-0.3, -0.25) is 10.9 Å². The molecule has 0 atom stereocenters. The molecular weight excluding hydrogens is 478 g/mol. The van der Waals surface area contributed by atoms with Crippen LogP contribution in [0.5, 0.6) is 0 Å². The molecule has 0 bridgehead atoms. The van der Waals surface area contributed by atoms with E-state index in [0.717, 1.165) is 11.4 Å². The summed E-state index contributed by atoms with van der Waals surface area (Å²) in [6.45, 7) is 0. The first-order valence-corrected chi connectivity index (χ1v) is 11.7. The minimum absolute atomic E-state index is 0. The van der Waals surface area contributed by atoms with Crippen LogP contribution < -0.4 is 70.0 Å². The van der Waals surface area contributed by atoms with E-state index in [4.69, 9.17) is 0 Å². The summed E-state index contributed by atoms with van der Waals surface area (Å²) in [4.78, 5) is -0.591. The van der Waals surface area contributed by atoms with Crippen molar-refractivity contribution in [1.29, 1.82) is 0 Å². The Labute approximate surface area is 231 Å². The fraction of sp³-hybridized carbons (Fsp3) is 0.222. The van der Waals surface area contributed by atoms with Crippen LogP contribution in [0.2, 0.25) is 0 Å². The topological polar surface area (TPSA) is 163 Å². The van der Waals surface area contributed by atoms with Crippen LogP contribution in [0.3, 0.4) is 0 Å². The summed E-state index contributed by atoms with van der Waals surface area (Å²) >= 11 is 0. The Bertz CT molecular complexity index is 1080. The van der Waals surface area contributed by atoms with E-state index in [9.17, 15) is 25.9 Å². The van der Waals surface area contributed by atoms with Crippen molar-refractivity contribution < 1.29 is 85.1 Å². The summed E-state index contributed by atoms with van der Waals surface area (Å²) in [6.07, 6.45) is 2.75. The summed E-state index contributed by atoms with van der Waals surface area (Å²) in [5.41, 5.74) is 8.69. The first kappa shape index (κ1) is 29.2. The summed E-state index contributed by atoms with van der Waals surface area (Å²) < 4.78 is 65.5. The minimum Gasteiger partial charge on any atom is -0.744 e. The second-order valence-corrected chi connectivity index (χ2v) is 9.30. The van der Waals surface area contributed by atoms with Gasteiger partial charge in [0.15, 0.2) is 0 Å². The van der Waals surface area contributed by atoms with Gasteiger partial charge in [-0.25, -0.2) is 16.8 Å². The van der Waals surface area contributed by atoms with E-state index < -0.39 is 20.2 Å². The van der Waals surface area contributed by atoms with Crippen molar-refractivity contribution in [2.75, 3.05) is 10.9 Å². The van der Waals surface area contributed by atoms with E-state index in [1.807, 2.05) is 0 Å². The first-order valence-electron chi connectivity index (χ1n) is 8.86. The summed E-state index contributed by atoms with van der Waals surface area (Å²) in [5, 5.41) is 8.62. The van der Waals surface area contributed by atoms with Crippen molar-refractivity contribution in [3.8, 4) is 0 Å². The van der Waals surface area contributed by atoms with Crippen LogP contribution in [0.25, 0.3) is 0 Å². The quantitative estimate of drug-likeness (QED) is 0.235. The van der Waals surface area contributed by atoms with Gasteiger partial charge in [0.25, 0.3) is 0 Å². The molecule has 0 aromatic heterocycles. The Hall–Kier alpha value is -0.800. The second-order valence-electron chi connectivity index (χ2n) is 6.54. The molecule has 1 saturated carbocycles. The molecule has 0 unspecified atom stereocenters. The minimum atomic E-state index is -4.47. The maximum atomic E-state index is 10.9. The predicted octanol–water partition coefficient (Wildman–Crippen LogP) is -3.69. The van der Waals surface area contributed by atoms with E-state index in [0.29, 0.717) is 37.1 Å². The number of rotatable bonds is 6. The molecule has 14 heteroatoms. The Balaban J connectivity index is 0.00000256. The maximum absolute atomic E-state index is 10.9. The van der Waals surface area contributed by atoms with Gasteiger partial charge >= 0.3 is 59.1 Å². The third-order valence-electron chi connectivity index (χ3n) is 4.38. The zero-order chi connectivity index (χ0) is 21.8.